The van der Waals surface area contributed by atoms with Crippen molar-refractivity contribution >= 4 is 17.2 Å². The van der Waals surface area contributed by atoms with Gasteiger partial charge in [-0.05, 0) is 24.6 Å². The van der Waals surface area contributed by atoms with Gasteiger partial charge in [-0.3, -0.25) is 0 Å². The summed E-state index contributed by atoms with van der Waals surface area (Å²) in [6, 6.07) is 6.06. The van der Waals surface area contributed by atoms with Gasteiger partial charge >= 0.3 is 6.18 Å². The molecule has 114 valence electrons. The number of fused-ring (bicyclic) bond motifs is 1. The van der Waals surface area contributed by atoms with Crippen molar-refractivity contribution in [1.82, 2.24) is 14.6 Å². The van der Waals surface area contributed by atoms with Crippen LogP contribution in [0.3, 0.4) is 0 Å². The van der Waals surface area contributed by atoms with Gasteiger partial charge in [-0.1, -0.05) is 23.7 Å². The summed E-state index contributed by atoms with van der Waals surface area (Å²) < 4.78 is 52.8. The minimum atomic E-state index is -4.62. The molecular formula is C14H8ClF4N3. The second kappa shape index (κ2) is 4.95. The maximum Gasteiger partial charge on any atom is 0.433 e. The first-order valence-corrected chi connectivity index (χ1v) is 6.54. The number of benzene rings is 1. The Hall–Kier alpha value is -2.15. The summed E-state index contributed by atoms with van der Waals surface area (Å²) in [6.45, 7) is 1.62. The molecule has 0 bridgehead atoms. The Morgan fingerprint density at radius 1 is 1.14 bits per heavy atom. The fourth-order valence-electron chi connectivity index (χ4n) is 2.19. The Morgan fingerprint density at radius 2 is 1.77 bits per heavy atom. The lowest BCUT2D eigenvalue weighted by atomic mass is 10.1. The lowest BCUT2D eigenvalue weighted by molar-refractivity contribution is -0.141. The van der Waals surface area contributed by atoms with Crippen molar-refractivity contribution in [3.8, 4) is 11.1 Å². The molecule has 3 aromatic rings. The Labute approximate surface area is 127 Å². The topological polar surface area (TPSA) is 30.2 Å². The summed E-state index contributed by atoms with van der Waals surface area (Å²) in [7, 11) is 0. The van der Waals surface area contributed by atoms with E-state index in [2.05, 4.69) is 10.1 Å². The van der Waals surface area contributed by atoms with Gasteiger partial charge < -0.3 is 0 Å². The van der Waals surface area contributed by atoms with E-state index in [9.17, 15) is 17.6 Å². The van der Waals surface area contributed by atoms with Crippen molar-refractivity contribution in [2.24, 2.45) is 0 Å². The Bertz CT molecular complexity index is 853. The Morgan fingerprint density at radius 3 is 2.36 bits per heavy atom. The van der Waals surface area contributed by atoms with Crippen LogP contribution < -0.4 is 0 Å². The van der Waals surface area contributed by atoms with Crippen LogP contribution in [0.1, 0.15) is 11.4 Å². The number of aromatic nitrogens is 3. The van der Waals surface area contributed by atoms with Gasteiger partial charge in [0.15, 0.2) is 5.65 Å². The number of rotatable bonds is 1. The van der Waals surface area contributed by atoms with E-state index >= 15 is 0 Å². The zero-order valence-electron chi connectivity index (χ0n) is 11.1. The second-order valence-corrected chi connectivity index (χ2v) is 5.05. The van der Waals surface area contributed by atoms with Crippen molar-refractivity contribution in [1.29, 1.82) is 0 Å². The first-order chi connectivity index (χ1) is 10.3. The second-order valence-electron chi connectivity index (χ2n) is 4.66. The zero-order chi connectivity index (χ0) is 16.1. The third kappa shape index (κ3) is 2.41. The van der Waals surface area contributed by atoms with Gasteiger partial charge in [0.1, 0.15) is 16.7 Å². The molecule has 0 aliphatic heterocycles. The first kappa shape index (κ1) is 14.8. The average molecular weight is 330 g/mol. The summed E-state index contributed by atoms with van der Waals surface area (Å²) in [5.41, 5.74) is 0.210. The smallest absolute Gasteiger partial charge is 0.223 e. The van der Waals surface area contributed by atoms with E-state index < -0.39 is 17.7 Å². The van der Waals surface area contributed by atoms with Crippen LogP contribution in [-0.4, -0.2) is 14.6 Å². The molecule has 8 heteroatoms. The summed E-state index contributed by atoms with van der Waals surface area (Å²) in [5, 5.41) is 3.90. The fourth-order valence-corrected chi connectivity index (χ4v) is 2.41. The van der Waals surface area contributed by atoms with Gasteiger partial charge in [0.05, 0.1) is 5.69 Å². The van der Waals surface area contributed by atoms with Crippen LogP contribution in [0.5, 0.6) is 0 Å². The van der Waals surface area contributed by atoms with Crippen LogP contribution in [0.15, 0.2) is 30.3 Å². The molecule has 0 unspecified atom stereocenters. The molecule has 0 atom stereocenters. The highest BCUT2D eigenvalue weighted by molar-refractivity contribution is 6.29. The molecule has 0 spiro atoms. The van der Waals surface area contributed by atoms with Crippen molar-refractivity contribution in [2.45, 2.75) is 13.1 Å². The van der Waals surface area contributed by atoms with Crippen LogP contribution in [0, 0.1) is 12.7 Å². The molecule has 0 amide bonds. The quantitative estimate of drug-likeness (QED) is 0.485. The van der Waals surface area contributed by atoms with Crippen molar-refractivity contribution < 1.29 is 17.6 Å². The number of halogens is 5. The highest BCUT2D eigenvalue weighted by Gasteiger charge is 2.34. The molecule has 3 rings (SSSR count). The van der Waals surface area contributed by atoms with E-state index in [-0.39, 0.29) is 10.8 Å². The largest absolute Gasteiger partial charge is 0.433 e. The van der Waals surface area contributed by atoms with Gasteiger partial charge in [0.2, 0.25) is 0 Å². The molecule has 0 saturated carbocycles. The van der Waals surface area contributed by atoms with E-state index in [1.54, 1.807) is 6.92 Å². The average Bonchev–Trinajstić information content (AvgIpc) is 2.76. The maximum absolute atomic E-state index is 13.0. The van der Waals surface area contributed by atoms with Gasteiger partial charge in [0.25, 0.3) is 0 Å². The third-order valence-corrected chi connectivity index (χ3v) is 3.41. The molecule has 1 aromatic carbocycles. The summed E-state index contributed by atoms with van der Waals surface area (Å²) in [5.74, 6) is -0.445. The summed E-state index contributed by atoms with van der Waals surface area (Å²) >= 11 is 5.87. The standard InChI is InChI=1S/C14H8ClF4N3/c1-7-12(8-2-4-9(16)5-3-8)13-20-10(14(17,18)19)6-11(15)22(13)21-7/h2-6H,1H3. The zero-order valence-corrected chi connectivity index (χ0v) is 11.9. The minimum absolute atomic E-state index is 0.0241. The molecule has 3 nitrogen and oxygen atoms in total. The molecule has 0 radical (unpaired) electrons. The molecule has 0 fully saturated rings. The van der Waals surface area contributed by atoms with Crippen molar-refractivity contribution in [2.75, 3.05) is 0 Å². The lowest BCUT2D eigenvalue weighted by Crippen LogP contribution is -2.10. The highest BCUT2D eigenvalue weighted by Crippen LogP contribution is 2.34. The van der Waals surface area contributed by atoms with Gasteiger partial charge in [0, 0.05) is 11.6 Å². The van der Waals surface area contributed by atoms with E-state index in [1.165, 1.54) is 24.3 Å². The Kier molecular flexibility index (Phi) is 3.32. The SMILES string of the molecule is Cc1nn2c(Cl)cc(C(F)(F)F)nc2c1-c1ccc(F)cc1. The maximum atomic E-state index is 13.0. The molecule has 2 aromatic heterocycles. The van der Waals surface area contributed by atoms with Crippen LogP contribution >= 0.6 is 11.6 Å². The number of hydrogen-bond acceptors (Lipinski definition) is 2. The molecule has 0 aliphatic carbocycles. The predicted octanol–water partition coefficient (Wildman–Crippen LogP) is 4.52. The monoisotopic (exact) mass is 329 g/mol. The van der Waals surface area contributed by atoms with E-state index in [4.69, 9.17) is 11.6 Å². The minimum Gasteiger partial charge on any atom is -0.223 e. The molecule has 0 saturated heterocycles. The first-order valence-electron chi connectivity index (χ1n) is 6.16. The van der Waals surface area contributed by atoms with Crippen LogP contribution in [0.4, 0.5) is 17.6 Å². The Balaban J connectivity index is 2.32. The van der Waals surface area contributed by atoms with Crippen molar-refractivity contribution in [3.05, 3.63) is 52.7 Å². The van der Waals surface area contributed by atoms with Crippen LogP contribution in [-0.2, 0) is 6.18 Å². The molecule has 22 heavy (non-hydrogen) atoms. The van der Waals surface area contributed by atoms with E-state index in [1.807, 2.05) is 0 Å². The molecule has 0 aliphatic rings. The normalized spacial score (nSPS) is 12.1. The molecule has 2 heterocycles. The highest BCUT2D eigenvalue weighted by atomic mass is 35.5. The fraction of sp³-hybridized carbons (Fsp3) is 0.143. The van der Waals surface area contributed by atoms with Gasteiger partial charge in [-0.25, -0.2) is 13.9 Å². The number of aryl methyl sites for hydroxylation is 1. The van der Waals surface area contributed by atoms with Crippen LogP contribution in [0.25, 0.3) is 16.8 Å². The van der Waals surface area contributed by atoms with Crippen LogP contribution in [0.2, 0.25) is 5.15 Å². The predicted molar refractivity (Wildman–Crippen MR) is 73.1 cm³/mol. The lowest BCUT2D eigenvalue weighted by Gasteiger charge is -2.08. The van der Waals surface area contributed by atoms with Gasteiger partial charge in [-0.15, -0.1) is 0 Å². The summed E-state index contributed by atoms with van der Waals surface area (Å²) in [6.07, 6.45) is -4.62. The number of hydrogen-bond donors (Lipinski definition) is 0. The third-order valence-electron chi connectivity index (χ3n) is 3.14. The van der Waals surface area contributed by atoms with Gasteiger partial charge in [-0.2, -0.15) is 18.3 Å². The number of alkyl halides is 3. The van der Waals surface area contributed by atoms with E-state index in [0.29, 0.717) is 16.8 Å². The van der Waals surface area contributed by atoms with E-state index in [0.717, 1.165) is 10.6 Å². The van der Waals surface area contributed by atoms with Crippen molar-refractivity contribution in [3.63, 3.8) is 0 Å². The number of nitrogens with zero attached hydrogens (tertiary/aromatic N) is 3. The molecular weight excluding hydrogens is 322 g/mol. The summed E-state index contributed by atoms with van der Waals surface area (Å²) in [4.78, 5) is 3.62. The molecule has 0 N–H and O–H groups in total.